The van der Waals surface area contributed by atoms with Gasteiger partial charge in [-0.3, -0.25) is 0 Å². The Balaban J connectivity index is 0.000000117. The molecule has 0 aliphatic carbocycles. The molecule has 8 nitrogen and oxygen atoms in total. The van der Waals surface area contributed by atoms with Crippen molar-refractivity contribution < 1.29 is 0 Å². The van der Waals surface area contributed by atoms with E-state index >= 15 is 0 Å². The number of halogens is 1. The molecule has 9 heteroatoms. The predicted octanol–water partition coefficient (Wildman–Crippen LogP) is 24.9. The smallest absolute Gasteiger partial charge is 0.0703 e. The Kier molecular flexibility index (Phi) is 14.2. The second kappa shape index (κ2) is 24.1. The summed E-state index contributed by atoms with van der Waals surface area (Å²) >= 11 is 3.62. The van der Waals surface area contributed by atoms with Crippen LogP contribution in [0.2, 0.25) is 0 Å². The third kappa shape index (κ3) is 9.73. The van der Waals surface area contributed by atoms with Crippen LogP contribution in [0.1, 0.15) is 0 Å². The normalized spacial score (nSPS) is 12.3. The van der Waals surface area contributed by atoms with E-state index in [0.717, 1.165) is 72.7 Å². The molecule has 20 rings (SSSR count). The van der Waals surface area contributed by atoms with E-state index in [-0.39, 0.29) is 0 Å². The second-order valence-corrected chi connectivity index (χ2v) is 25.2. The van der Waals surface area contributed by atoms with E-state index in [1.54, 1.807) is 0 Å². The monoisotopic (exact) mass is 1310 g/mol. The van der Waals surface area contributed by atoms with Crippen molar-refractivity contribution in [2.24, 2.45) is 0 Å². The molecule has 0 saturated carbocycles. The standard InChI is InChI=1S/C44H30N4.C24H17BrN2.C20H14N2/c1-3-14-31(15-4-1)46-40-22-9-11-24-42(40)47(43-25-12-10-23-41(43)46)34-19-13-18-33(30-34)45-29-28-37-38(45)27-26-36-35-20-7-8-21-39(35)48(44(36)37)32-16-5-2-6-17-32;25-18-9-8-12-20(17-18)27-23-15-6-4-13-21(23)26(19-10-2-1-3-11-19)22-14-5-7-16-24(22)27;1-2-6-14(7-3-1)22-19-9-5-4-8-15(19)16-10-11-18-17(20(16)22)12-13-21-18/h1-30H;1-17H;1-13,21H. The molecule has 6 heterocycles. The number of aromatic nitrogens is 4. The van der Waals surface area contributed by atoms with E-state index in [2.05, 4.69) is 412 Å². The van der Waals surface area contributed by atoms with Crippen LogP contribution in [0.4, 0.5) is 68.2 Å². The molecule has 18 aromatic rings. The fourth-order valence-corrected chi connectivity index (χ4v) is 15.1. The zero-order valence-electron chi connectivity index (χ0n) is 52.6. The molecular formula is C88H61BrN8. The van der Waals surface area contributed by atoms with Crippen LogP contribution in [-0.4, -0.2) is 18.7 Å². The molecule has 1 N–H and O–H groups in total. The fraction of sp³-hybridized carbons (Fsp3) is 0. The van der Waals surface area contributed by atoms with Gasteiger partial charge < -0.3 is 38.3 Å². The van der Waals surface area contributed by atoms with Crippen molar-refractivity contribution >= 4 is 150 Å². The molecule has 97 heavy (non-hydrogen) atoms. The van der Waals surface area contributed by atoms with Gasteiger partial charge in [0, 0.05) is 94.5 Å². The Morgan fingerprint density at radius 2 is 0.588 bits per heavy atom. The molecule has 0 saturated heterocycles. The number of nitrogens with one attached hydrogen (secondary N) is 1. The Morgan fingerprint density at radius 1 is 0.227 bits per heavy atom. The molecule has 0 unspecified atom stereocenters. The molecule has 0 bridgehead atoms. The number of hydrogen-bond acceptors (Lipinski definition) is 4. The number of aromatic amines is 1. The van der Waals surface area contributed by atoms with Crippen LogP contribution in [0.5, 0.6) is 0 Å². The van der Waals surface area contributed by atoms with Crippen LogP contribution in [0.25, 0.3) is 82.5 Å². The maximum atomic E-state index is 3.62. The van der Waals surface area contributed by atoms with Crippen LogP contribution in [-0.2, 0) is 0 Å². The average Bonchev–Trinajstić information content (AvgIpc) is 1.73. The van der Waals surface area contributed by atoms with Gasteiger partial charge in [0.1, 0.15) is 0 Å². The van der Waals surface area contributed by atoms with Gasteiger partial charge in [-0.25, -0.2) is 0 Å². The molecule has 2 aliphatic rings. The van der Waals surface area contributed by atoms with E-state index in [9.17, 15) is 0 Å². The second-order valence-electron chi connectivity index (χ2n) is 24.3. The topological polar surface area (TPSA) is 43.5 Å². The van der Waals surface area contributed by atoms with Gasteiger partial charge in [0.25, 0.3) is 0 Å². The third-order valence-electron chi connectivity index (χ3n) is 18.8. The number of benzene rings is 14. The number of H-pyrrole nitrogens is 1. The first-order valence-corrected chi connectivity index (χ1v) is 33.6. The number of rotatable bonds is 7. The van der Waals surface area contributed by atoms with Gasteiger partial charge >= 0.3 is 0 Å². The SMILES string of the molecule is Brc1cccc(N2c3ccccc3N(c3ccccc3)c3ccccc32)c1.c1ccc(-n2c3ccccc3c3ccc4[nH]ccc4c32)cc1.c1ccc(N2c3ccccc3N(c3cccc(-n4ccc5c4ccc4c6ccccc6n(-c6ccccc6)c45)c3)c3ccccc32)cc1. The lowest BCUT2D eigenvalue weighted by atomic mass is 10.0. The van der Waals surface area contributed by atoms with Crippen LogP contribution in [0.15, 0.2) is 369 Å². The number of nitrogens with zero attached hydrogens (tertiary/aromatic N) is 7. The molecule has 2 aliphatic heterocycles. The summed E-state index contributed by atoms with van der Waals surface area (Å²) in [6.07, 6.45) is 4.22. The summed E-state index contributed by atoms with van der Waals surface area (Å²) in [6, 6.07) is 125. The summed E-state index contributed by atoms with van der Waals surface area (Å²) in [4.78, 5) is 12.7. The minimum Gasteiger partial charge on any atom is -0.361 e. The lowest BCUT2D eigenvalue weighted by molar-refractivity contribution is 1.12. The maximum absolute atomic E-state index is 3.62. The Morgan fingerprint density at radius 3 is 1.05 bits per heavy atom. The average molecular weight is 1310 g/mol. The molecule has 0 radical (unpaired) electrons. The number of fused-ring (bicyclic) bond motifs is 14. The van der Waals surface area contributed by atoms with Crippen LogP contribution >= 0.6 is 15.9 Å². The van der Waals surface area contributed by atoms with Crippen molar-refractivity contribution in [3.8, 4) is 17.1 Å². The zero-order chi connectivity index (χ0) is 64.3. The summed E-state index contributed by atoms with van der Waals surface area (Å²) < 4.78 is 8.17. The third-order valence-corrected chi connectivity index (χ3v) is 19.3. The molecule has 0 spiro atoms. The minimum atomic E-state index is 1.07. The summed E-state index contributed by atoms with van der Waals surface area (Å²) in [5, 5.41) is 7.61. The van der Waals surface area contributed by atoms with Gasteiger partial charge in [0.05, 0.1) is 73.1 Å². The van der Waals surface area contributed by atoms with Gasteiger partial charge in [0.15, 0.2) is 0 Å². The first-order chi connectivity index (χ1) is 48.1. The Bertz CT molecular complexity index is 5860. The first-order valence-electron chi connectivity index (χ1n) is 32.8. The van der Waals surface area contributed by atoms with Gasteiger partial charge in [-0.2, -0.15) is 0 Å². The van der Waals surface area contributed by atoms with Crippen molar-refractivity contribution in [2.45, 2.75) is 0 Å². The molecule has 4 aromatic heterocycles. The highest BCUT2D eigenvalue weighted by molar-refractivity contribution is 9.10. The molecule has 0 fully saturated rings. The van der Waals surface area contributed by atoms with Crippen molar-refractivity contribution in [3.63, 3.8) is 0 Å². The van der Waals surface area contributed by atoms with Crippen LogP contribution in [0, 0.1) is 0 Å². The quantitative estimate of drug-likeness (QED) is 0.173. The largest absolute Gasteiger partial charge is 0.361 e. The molecular weight excluding hydrogens is 1250 g/mol. The summed E-state index contributed by atoms with van der Waals surface area (Å²) in [5.41, 5.74) is 24.6. The fourth-order valence-electron chi connectivity index (χ4n) is 14.7. The Hall–Kier alpha value is -12.6. The van der Waals surface area contributed by atoms with Gasteiger partial charge in [0.2, 0.25) is 0 Å². The Labute approximate surface area is 570 Å². The molecule has 14 aromatic carbocycles. The summed E-state index contributed by atoms with van der Waals surface area (Å²) in [5.74, 6) is 0. The van der Waals surface area contributed by atoms with Crippen molar-refractivity contribution in [1.29, 1.82) is 0 Å². The highest BCUT2D eigenvalue weighted by Crippen LogP contribution is 2.56. The van der Waals surface area contributed by atoms with Gasteiger partial charge in [-0.15, -0.1) is 0 Å². The van der Waals surface area contributed by atoms with Gasteiger partial charge in [-0.1, -0.05) is 198 Å². The molecule has 460 valence electrons. The van der Waals surface area contributed by atoms with E-state index in [1.807, 2.05) is 6.20 Å². The lowest BCUT2D eigenvalue weighted by Gasteiger charge is -2.40. The highest BCUT2D eigenvalue weighted by atomic mass is 79.9. The van der Waals surface area contributed by atoms with Crippen molar-refractivity contribution in [3.05, 3.63) is 369 Å². The van der Waals surface area contributed by atoms with Crippen molar-refractivity contribution in [2.75, 3.05) is 19.6 Å². The van der Waals surface area contributed by atoms with E-state index in [0.29, 0.717) is 0 Å². The number of anilines is 12. The zero-order valence-corrected chi connectivity index (χ0v) is 54.2. The predicted molar refractivity (Wildman–Crippen MR) is 410 cm³/mol. The molecule has 0 amide bonds. The van der Waals surface area contributed by atoms with E-state index < -0.39 is 0 Å². The van der Waals surface area contributed by atoms with E-state index in [4.69, 9.17) is 0 Å². The van der Waals surface area contributed by atoms with Gasteiger partial charge in [-0.05, 0) is 170 Å². The first kappa shape index (κ1) is 57.1. The maximum Gasteiger partial charge on any atom is 0.0703 e. The molecule has 0 atom stereocenters. The summed E-state index contributed by atoms with van der Waals surface area (Å²) in [7, 11) is 0. The van der Waals surface area contributed by atoms with Crippen molar-refractivity contribution in [1.82, 2.24) is 18.7 Å². The number of para-hydroxylation sites is 14. The summed E-state index contributed by atoms with van der Waals surface area (Å²) in [6.45, 7) is 0. The van der Waals surface area contributed by atoms with E-state index in [1.165, 1.54) is 82.5 Å². The minimum absolute atomic E-state index is 1.07. The van der Waals surface area contributed by atoms with Crippen LogP contribution in [0.3, 0.4) is 0 Å². The lowest BCUT2D eigenvalue weighted by Crippen LogP contribution is -2.23. The highest BCUT2D eigenvalue weighted by Gasteiger charge is 2.32. The van der Waals surface area contributed by atoms with Crippen LogP contribution < -0.4 is 19.6 Å². The number of hydrogen-bond donors (Lipinski definition) is 1.